The topological polar surface area (TPSA) is 155 Å². The smallest absolute Gasteiger partial charge is 0.271 e. The van der Waals surface area contributed by atoms with Crippen molar-refractivity contribution in [3.63, 3.8) is 0 Å². The number of imidazole rings is 2. The summed E-state index contributed by atoms with van der Waals surface area (Å²) in [6.07, 6.45) is 8.20. The number of aryl methyl sites for hydroxylation is 2. The SMILES string of the molecule is Nc1ccc2c(c1)ncn2CCCCN1CCN(c2ccc3c(c2)OCCO3)CC1.O=[N+]([O-])c1ccc2c(c1)ncn2CCCCN1CCN(c2ccc3c(c2)OCCO3)CC1. The number of nitrogens with two attached hydrogens (primary N) is 1. The summed E-state index contributed by atoms with van der Waals surface area (Å²) in [7, 11) is 0. The highest BCUT2D eigenvalue weighted by Crippen LogP contribution is 2.35. The molecule has 0 radical (unpaired) electrons. The van der Waals surface area contributed by atoms with Crippen LogP contribution in [0.4, 0.5) is 22.7 Å². The highest BCUT2D eigenvalue weighted by Gasteiger charge is 2.21. The second-order valence-corrected chi connectivity index (χ2v) is 16.3. The molecule has 4 aliphatic heterocycles. The molecule has 16 heteroatoms. The van der Waals surface area contributed by atoms with Crippen LogP contribution in [0, 0.1) is 10.1 Å². The molecule has 2 N–H and O–H groups in total. The molecule has 2 aromatic heterocycles. The van der Waals surface area contributed by atoms with E-state index in [1.807, 2.05) is 30.6 Å². The lowest BCUT2D eigenvalue weighted by atomic mass is 10.2. The number of hydrogen-bond acceptors (Lipinski definition) is 13. The Morgan fingerprint density at radius 2 is 0.984 bits per heavy atom. The third kappa shape index (κ3) is 9.76. The standard InChI is InChI=1S/C23H27N5O4.C23H29N5O2/c29-28(30)19-3-5-21-20(15-19)24-17-27(21)8-2-1-7-25-9-11-26(12-10-25)18-4-6-22-23(16-18)32-14-13-31-22;24-18-3-5-21-20(15-18)25-17-28(21)8-2-1-7-26-9-11-27(12-10-26)19-4-6-22-23(16-19)30-14-13-29-22/h3-6,15-17H,1-2,7-14H2;3-6,15-17H,1-2,7-14,24H2. The fraction of sp³-hybridized carbons (Fsp3) is 0.435. The van der Waals surface area contributed by atoms with Crippen LogP contribution >= 0.6 is 0 Å². The Kier molecular flexibility index (Phi) is 12.7. The van der Waals surface area contributed by atoms with Gasteiger partial charge in [0.1, 0.15) is 26.4 Å². The summed E-state index contributed by atoms with van der Waals surface area (Å²) in [5.41, 5.74) is 12.9. The van der Waals surface area contributed by atoms with Crippen molar-refractivity contribution in [2.75, 3.05) is 107 Å². The summed E-state index contributed by atoms with van der Waals surface area (Å²) < 4.78 is 27.0. The van der Waals surface area contributed by atoms with E-state index >= 15 is 0 Å². The fourth-order valence-corrected chi connectivity index (χ4v) is 8.75. The molecule has 62 heavy (non-hydrogen) atoms. The van der Waals surface area contributed by atoms with Gasteiger partial charge in [0.25, 0.3) is 5.69 Å². The van der Waals surface area contributed by atoms with Crippen LogP contribution in [0.2, 0.25) is 0 Å². The Morgan fingerprint density at radius 1 is 0.532 bits per heavy atom. The van der Waals surface area contributed by atoms with Crippen LogP contribution in [-0.4, -0.2) is 126 Å². The molecule has 2 fully saturated rings. The van der Waals surface area contributed by atoms with Crippen molar-refractivity contribution < 1.29 is 23.9 Å². The second-order valence-electron chi connectivity index (χ2n) is 16.3. The number of anilines is 3. The molecule has 10 rings (SSSR count). The van der Waals surface area contributed by atoms with E-state index < -0.39 is 0 Å². The zero-order valence-electron chi connectivity index (χ0n) is 35.3. The first-order chi connectivity index (χ1) is 30.4. The highest BCUT2D eigenvalue weighted by molar-refractivity contribution is 5.79. The minimum atomic E-state index is -0.383. The number of non-ortho nitro benzene ring substituents is 1. The lowest BCUT2D eigenvalue weighted by Gasteiger charge is -2.36. The van der Waals surface area contributed by atoms with Gasteiger partial charge in [-0.2, -0.15) is 0 Å². The normalized spacial score (nSPS) is 16.6. The quantitative estimate of drug-likeness (QED) is 0.0599. The number of nitro groups is 1. The molecule has 0 atom stereocenters. The maximum Gasteiger partial charge on any atom is 0.271 e. The average Bonchev–Trinajstić information content (AvgIpc) is 3.92. The molecular weight excluding hydrogens is 789 g/mol. The lowest BCUT2D eigenvalue weighted by molar-refractivity contribution is -0.384. The molecular formula is C46H56N10O6. The van der Waals surface area contributed by atoms with Crippen molar-refractivity contribution in [1.82, 2.24) is 28.9 Å². The minimum Gasteiger partial charge on any atom is -0.486 e. The molecule has 16 nitrogen and oxygen atoms in total. The number of nitrogen functional groups attached to an aromatic ring is 1. The van der Waals surface area contributed by atoms with Crippen molar-refractivity contribution in [3.05, 3.63) is 95.6 Å². The summed E-state index contributed by atoms with van der Waals surface area (Å²) in [6, 6.07) is 23.3. The second kappa shape index (κ2) is 19.2. The van der Waals surface area contributed by atoms with Gasteiger partial charge in [-0.05, 0) is 87.3 Å². The van der Waals surface area contributed by atoms with Crippen molar-refractivity contribution in [2.24, 2.45) is 0 Å². The van der Waals surface area contributed by atoms with Gasteiger partial charge in [0.05, 0.1) is 39.6 Å². The highest BCUT2D eigenvalue weighted by atomic mass is 16.6. The van der Waals surface area contributed by atoms with Crippen molar-refractivity contribution in [3.8, 4) is 23.0 Å². The first-order valence-corrected chi connectivity index (χ1v) is 22.0. The molecule has 0 saturated carbocycles. The lowest BCUT2D eigenvalue weighted by Crippen LogP contribution is -2.46. The number of ether oxygens (including phenoxy) is 4. The predicted octanol–water partition coefficient (Wildman–Crippen LogP) is 6.31. The predicted molar refractivity (Wildman–Crippen MR) is 241 cm³/mol. The van der Waals surface area contributed by atoms with E-state index in [9.17, 15) is 10.1 Å². The molecule has 0 amide bonds. The van der Waals surface area contributed by atoms with Gasteiger partial charge in [0.2, 0.25) is 0 Å². The minimum absolute atomic E-state index is 0.0816. The summed E-state index contributed by atoms with van der Waals surface area (Å²) in [4.78, 5) is 29.3. The monoisotopic (exact) mass is 844 g/mol. The number of rotatable bonds is 13. The van der Waals surface area contributed by atoms with E-state index in [0.29, 0.717) is 31.9 Å². The Hall–Kier alpha value is -6.26. The zero-order chi connectivity index (χ0) is 42.3. The number of unbranched alkanes of at least 4 members (excludes halogenated alkanes) is 2. The number of aromatic nitrogens is 4. The van der Waals surface area contributed by atoms with E-state index in [-0.39, 0.29) is 10.6 Å². The first-order valence-electron chi connectivity index (χ1n) is 22.0. The zero-order valence-corrected chi connectivity index (χ0v) is 35.3. The first kappa shape index (κ1) is 41.1. The molecule has 0 unspecified atom stereocenters. The third-order valence-corrected chi connectivity index (χ3v) is 12.2. The van der Waals surface area contributed by atoms with Gasteiger partial charge < -0.3 is 43.6 Å². The molecule has 0 spiro atoms. The molecule has 6 heterocycles. The van der Waals surface area contributed by atoms with E-state index in [1.54, 1.807) is 18.5 Å². The van der Waals surface area contributed by atoms with Crippen LogP contribution in [0.1, 0.15) is 25.7 Å². The van der Waals surface area contributed by atoms with Gasteiger partial charge in [0, 0.05) is 107 Å². The molecule has 2 saturated heterocycles. The number of nitro benzene ring substituents is 1. The summed E-state index contributed by atoms with van der Waals surface area (Å²) >= 11 is 0. The molecule has 6 aromatic rings. The number of hydrogen-bond donors (Lipinski definition) is 1. The van der Waals surface area contributed by atoms with Crippen LogP contribution in [0.25, 0.3) is 22.1 Å². The molecule has 0 aliphatic carbocycles. The summed E-state index contributed by atoms with van der Waals surface area (Å²) in [5.74, 6) is 3.41. The summed E-state index contributed by atoms with van der Waals surface area (Å²) in [6.45, 7) is 15.0. The van der Waals surface area contributed by atoms with E-state index in [1.165, 1.54) is 23.9 Å². The maximum absolute atomic E-state index is 10.9. The van der Waals surface area contributed by atoms with Crippen LogP contribution in [0.5, 0.6) is 23.0 Å². The van der Waals surface area contributed by atoms with Crippen molar-refractivity contribution in [1.29, 1.82) is 0 Å². The number of fused-ring (bicyclic) bond motifs is 4. The number of piperazine rings is 2. The summed E-state index contributed by atoms with van der Waals surface area (Å²) in [5, 5.41) is 10.9. The largest absolute Gasteiger partial charge is 0.486 e. The molecule has 0 bridgehead atoms. The molecule has 4 aliphatic rings. The van der Waals surface area contributed by atoms with Crippen LogP contribution in [0.3, 0.4) is 0 Å². The van der Waals surface area contributed by atoms with Crippen molar-refractivity contribution >= 4 is 44.8 Å². The third-order valence-electron chi connectivity index (χ3n) is 12.2. The van der Waals surface area contributed by atoms with Gasteiger partial charge in [-0.15, -0.1) is 0 Å². The van der Waals surface area contributed by atoms with Crippen molar-refractivity contribution in [2.45, 2.75) is 38.8 Å². The van der Waals surface area contributed by atoms with E-state index in [0.717, 1.165) is 143 Å². The van der Waals surface area contributed by atoms with Gasteiger partial charge in [0.15, 0.2) is 23.0 Å². The molecule has 326 valence electrons. The molecule has 4 aromatic carbocycles. The maximum atomic E-state index is 10.9. The van der Waals surface area contributed by atoms with Gasteiger partial charge in [-0.1, -0.05) is 0 Å². The fourth-order valence-electron chi connectivity index (χ4n) is 8.75. The van der Waals surface area contributed by atoms with E-state index in [2.05, 4.69) is 69.0 Å². The van der Waals surface area contributed by atoms with Gasteiger partial charge in [-0.3, -0.25) is 19.9 Å². The average molecular weight is 845 g/mol. The van der Waals surface area contributed by atoms with Crippen LogP contribution in [0.15, 0.2) is 85.5 Å². The van der Waals surface area contributed by atoms with E-state index in [4.69, 9.17) is 24.7 Å². The van der Waals surface area contributed by atoms with Crippen LogP contribution < -0.4 is 34.5 Å². The Balaban J connectivity index is 0.000000158. The Morgan fingerprint density at radius 3 is 1.48 bits per heavy atom. The Bertz CT molecular complexity index is 2460. The number of benzene rings is 4. The number of nitrogens with zero attached hydrogens (tertiary/aromatic N) is 9. The Labute approximate surface area is 361 Å². The van der Waals surface area contributed by atoms with Crippen LogP contribution in [-0.2, 0) is 13.1 Å². The van der Waals surface area contributed by atoms with Gasteiger partial charge >= 0.3 is 0 Å². The van der Waals surface area contributed by atoms with Gasteiger partial charge in [-0.25, -0.2) is 9.97 Å².